The highest BCUT2D eigenvalue weighted by Crippen LogP contribution is 2.36. The van der Waals surface area contributed by atoms with Crippen molar-refractivity contribution in [3.63, 3.8) is 0 Å². The minimum absolute atomic E-state index is 0.155. The van der Waals surface area contributed by atoms with E-state index in [0.29, 0.717) is 49.7 Å². The molecule has 0 radical (unpaired) electrons. The Bertz CT molecular complexity index is 1340. The van der Waals surface area contributed by atoms with E-state index in [1.807, 2.05) is 18.2 Å². The van der Waals surface area contributed by atoms with Crippen molar-refractivity contribution in [1.82, 2.24) is 15.1 Å². The number of hydrogen-bond acceptors (Lipinski definition) is 8. The number of halogens is 1. The molecule has 6 rings (SSSR count). The number of piperazine rings is 1. The van der Waals surface area contributed by atoms with Gasteiger partial charge >= 0.3 is 6.09 Å². The van der Waals surface area contributed by atoms with E-state index in [9.17, 15) is 18.6 Å². The minimum Gasteiger partial charge on any atom is -0.454 e. The Balaban J connectivity index is 1.03. The maximum atomic E-state index is 13.1. The van der Waals surface area contributed by atoms with Gasteiger partial charge in [-0.1, -0.05) is 11.6 Å². The lowest BCUT2D eigenvalue weighted by Crippen LogP contribution is -2.70. The van der Waals surface area contributed by atoms with Crippen LogP contribution in [0.1, 0.15) is 10.4 Å². The van der Waals surface area contributed by atoms with E-state index in [1.54, 1.807) is 17.0 Å². The van der Waals surface area contributed by atoms with E-state index in [-0.39, 0.29) is 36.0 Å². The fourth-order valence-corrected chi connectivity index (χ4v) is 6.55. The molecule has 2 aromatic rings. The number of hydrogen-bond donors (Lipinski definition) is 1. The lowest BCUT2D eigenvalue weighted by Gasteiger charge is -2.45. The van der Waals surface area contributed by atoms with Crippen molar-refractivity contribution < 1.29 is 32.8 Å². The van der Waals surface area contributed by atoms with Gasteiger partial charge in [0.1, 0.15) is 17.9 Å². The zero-order chi connectivity index (χ0) is 26.4. The maximum absolute atomic E-state index is 13.1. The standard InChI is InChI=1S/C25H25ClN4O7S/c26-18-9-16(1-4-21(18)38(34)11-22(31)30-12-25(13-30)14-35-24(33)27-25)23(32)29-7-5-28(6-8-29)17-2-3-19-20(10-17)37-15-36-19/h1-4,9-10H,5-8,11-15H2,(H,27,33). The summed E-state index contributed by atoms with van der Waals surface area (Å²) in [7, 11) is -1.68. The second-order valence-electron chi connectivity index (χ2n) is 9.68. The number of nitrogens with zero attached hydrogens (tertiary/aromatic N) is 3. The van der Waals surface area contributed by atoms with E-state index in [2.05, 4.69) is 10.2 Å². The smallest absolute Gasteiger partial charge is 0.407 e. The minimum atomic E-state index is -1.68. The molecule has 200 valence electrons. The molecule has 4 aliphatic rings. The summed E-state index contributed by atoms with van der Waals surface area (Å²) in [4.78, 5) is 42.8. The Labute approximate surface area is 226 Å². The molecule has 1 unspecified atom stereocenters. The third kappa shape index (κ3) is 4.62. The largest absolute Gasteiger partial charge is 0.454 e. The highest BCUT2D eigenvalue weighted by atomic mass is 35.5. The third-order valence-electron chi connectivity index (χ3n) is 7.15. The zero-order valence-electron chi connectivity index (χ0n) is 20.3. The molecule has 13 heteroatoms. The Hall–Kier alpha value is -3.51. The van der Waals surface area contributed by atoms with Crippen LogP contribution in [0, 0.1) is 0 Å². The predicted octanol–water partition coefficient (Wildman–Crippen LogP) is 1.46. The molecular weight excluding hydrogens is 536 g/mol. The summed E-state index contributed by atoms with van der Waals surface area (Å²) >= 11 is 6.40. The molecule has 4 aliphatic heterocycles. The summed E-state index contributed by atoms with van der Waals surface area (Å²) in [5, 5.41) is 2.89. The Morgan fingerprint density at radius 1 is 0.974 bits per heavy atom. The van der Waals surface area contributed by atoms with Crippen LogP contribution < -0.4 is 19.7 Å². The molecular formula is C25H25ClN4O7S. The van der Waals surface area contributed by atoms with Crippen molar-refractivity contribution in [2.45, 2.75) is 10.4 Å². The third-order valence-corrected chi connectivity index (χ3v) is 8.93. The second-order valence-corrected chi connectivity index (χ2v) is 11.5. The van der Waals surface area contributed by atoms with Gasteiger partial charge in [-0.25, -0.2) is 4.79 Å². The molecule has 11 nitrogen and oxygen atoms in total. The van der Waals surface area contributed by atoms with Crippen LogP contribution in [0.3, 0.4) is 0 Å². The summed E-state index contributed by atoms with van der Waals surface area (Å²) in [6.07, 6.45) is -0.492. The number of benzene rings is 2. The summed E-state index contributed by atoms with van der Waals surface area (Å²) in [6.45, 7) is 3.48. The predicted molar refractivity (Wildman–Crippen MR) is 137 cm³/mol. The number of anilines is 1. The molecule has 0 saturated carbocycles. The summed E-state index contributed by atoms with van der Waals surface area (Å²) in [5.41, 5.74) is 0.880. The van der Waals surface area contributed by atoms with Crippen molar-refractivity contribution in [1.29, 1.82) is 0 Å². The Morgan fingerprint density at radius 3 is 2.45 bits per heavy atom. The molecule has 3 fully saturated rings. The van der Waals surface area contributed by atoms with Crippen LogP contribution in [-0.2, 0) is 20.3 Å². The van der Waals surface area contributed by atoms with Gasteiger partial charge in [0.15, 0.2) is 11.5 Å². The number of fused-ring (bicyclic) bond motifs is 1. The van der Waals surface area contributed by atoms with Gasteiger partial charge in [0.05, 0.1) is 20.7 Å². The van der Waals surface area contributed by atoms with Crippen LogP contribution >= 0.6 is 11.6 Å². The lowest BCUT2D eigenvalue weighted by atomic mass is 9.92. The SMILES string of the molecule is O=C1NC2(CO1)CN(C(=O)CS(=O)c1ccc(C(=O)N3CCN(c4ccc5c(c4)OCO5)CC3)cc1Cl)C2. The van der Waals surface area contributed by atoms with Crippen LogP contribution in [0.5, 0.6) is 11.5 Å². The number of cyclic esters (lactones) is 1. The van der Waals surface area contributed by atoms with Gasteiger partial charge in [0.2, 0.25) is 12.7 Å². The van der Waals surface area contributed by atoms with Gasteiger partial charge in [-0.2, -0.15) is 0 Å². The van der Waals surface area contributed by atoms with Gasteiger partial charge in [0, 0.05) is 56.6 Å². The first-order valence-corrected chi connectivity index (χ1v) is 13.8. The van der Waals surface area contributed by atoms with Gasteiger partial charge < -0.3 is 34.2 Å². The quantitative estimate of drug-likeness (QED) is 0.584. The molecule has 3 amide bonds. The van der Waals surface area contributed by atoms with Gasteiger partial charge in [-0.05, 0) is 30.3 Å². The number of carbonyl (C=O) groups is 3. The highest BCUT2D eigenvalue weighted by Gasteiger charge is 2.51. The average molecular weight is 561 g/mol. The van der Waals surface area contributed by atoms with Crippen molar-refractivity contribution in [2.24, 2.45) is 0 Å². The summed E-state index contributed by atoms with van der Waals surface area (Å²) in [6, 6.07) is 10.5. The molecule has 1 spiro atoms. The number of carbonyl (C=O) groups excluding carboxylic acids is 3. The van der Waals surface area contributed by atoms with Crippen molar-refractivity contribution >= 4 is 46.0 Å². The first kappa shape index (κ1) is 24.8. The Morgan fingerprint density at radius 2 is 1.74 bits per heavy atom. The van der Waals surface area contributed by atoms with Crippen LogP contribution in [0.2, 0.25) is 5.02 Å². The second kappa shape index (κ2) is 9.66. The van der Waals surface area contributed by atoms with E-state index >= 15 is 0 Å². The molecule has 0 aromatic heterocycles. The first-order chi connectivity index (χ1) is 18.3. The van der Waals surface area contributed by atoms with Crippen LogP contribution in [0.25, 0.3) is 0 Å². The molecule has 3 saturated heterocycles. The van der Waals surface area contributed by atoms with E-state index < -0.39 is 22.4 Å². The normalized spacial score (nSPS) is 20.1. The lowest BCUT2D eigenvalue weighted by molar-refractivity contribution is -0.136. The van der Waals surface area contributed by atoms with Crippen molar-refractivity contribution in [3.05, 3.63) is 47.0 Å². The van der Waals surface area contributed by atoms with Crippen LogP contribution in [0.15, 0.2) is 41.3 Å². The number of nitrogens with one attached hydrogen (secondary N) is 1. The average Bonchev–Trinajstić information content (AvgIpc) is 3.53. The monoisotopic (exact) mass is 560 g/mol. The van der Waals surface area contributed by atoms with Crippen LogP contribution in [-0.4, -0.2) is 95.9 Å². The molecule has 38 heavy (non-hydrogen) atoms. The van der Waals surface area contributed by atoms with E-state index in [0.717, 1.165) is 17.2 Å². The van der Waals surface area contributed by atoms with Crippen LogP contribution in [0.4, 0.5) is 10.5 Å². The van der Waals surface area contributed by atoms with Gasteiger partial charge in [0.25, 0.3) is 5.91 Å². The highest BCUT2D eigenvalue weighted by molar-refractivity contribution is 7.85. The molecule has 1 atom stereocenters. The van der Waals surface area contributed by atoms with Crippen molar-refractivity contribution in [3.8, 4) is 11.5 Å². The zero-order valence-corrected chi connectivity index (χ0v) is 21.9. The first-order valence-electron chi connectivity index (χ1n) is 12.1. The molecule has 0 aliphatic carbocycles. The molecule has 1 N–H and O–H groups in total. The fourth-order valence-electron chi connectivity index (χ4n) is 5.06. The number of alkyl carbamates (subject to hydrolysis) is 1. The van der Waals surface area contributed by atoms with Gasteiger partial charge in [-0.3, -0.25) is 13.8 Å². The molecule has 4 heterocycles. The number of amides is 3. The summed E-state index contributed by atoms with van der Waals surface area (Å²) in [5.74, 6) is 0.764. The van der Waals surface area contributed by atoms with Gasteiger partial charge in [-0.15, -0.1) is 0 Å². The topological polar surface area (TPSA) is 118 Å². The summed E-state index contributed by atoms with van der Waals surface area (Å²) < 4.78 is 28.6. The maximum Gasteiger partial charge on any atom is 0.407 e. The number of ether oxygens (including phenoxy) is 3. The fraction of sp³-hybridized carbons (Fsp3) is 0.400. The Kier molecular flexibility index (Phi) is 6.31. The van der Waals surface area contributed by atoms with E-state index in [4.69, 9.17) is 25.8 Å². The number of rotatable bonds is 5. The van der Waals surface area contributed by atoms with E-state index in [1.165, 1.54) is 11.0 Å². The molecule has 0 bridgehead atoms. The number of likely N-dealkylation sites (tertiary alicyclic amines) is 1. The molecule has 2 aromatic carbocycles. The van der Waals surface area contributed by atoms with Crippen molar-refractivity contribution in [2.75, 3.05) is 63.3 Å².